The monoisotopic (exact) mass is 429 g/mol. The molecule has 2 aliphatic heterocycles. The summed E-state index contributed by atoms with van der Waals surface area (Å²) < 4.78 is 0. The summed E-state index contributed by atoms with van der Waals surface area (Å²) in [5.74, 6) is 0.508. The van der Waals surface area contributed by atoms with E-state index in [-0.39, 0.29) is 5.91 Å². The number of pyridine rings is 1. The third-order valence-electron chi connectivity index (χ3n) is 6.29. The van der Waals surface area contributed by atoms with E-state index in [0.29, 0.717) is 11.1 Å². The highest BCUT2D eigenvalue weighted by molar-refractivity contribution is 8.00. The molecular formula is C23H28ClN3OS. The smallest absolute Gasteiger partial charge is 0.222 e. The number of carbonyl (C=O) groups is 1. The van der Waals surface area contributed by atoms with Crippen LogP contribution in [0, 0.1) is 13.8 Å². The van der Waals surface area contributed by atoms with E-state index in [1.54, 1.807) is 0 Å². The van der Waals surface area contributed by atoms with Gasteiger partial charge in [0.2, 0.25) is 5.91 Å². The van der Waals surface area contributed by atoms with Gasteiger partial charge < -0.3 is 10.2 Å². The Hall–Kier alpha value is -1.56. The van der Waals surface area contributed by atoms with Crippen molar-refractivity contribution in [3.8, 4) is 11.1 Å². The Morgan fingerprint density at radius 1 is 1.21 bits per heavy atom. The maximum atomic E-state index is 11.4. The number of aromatic nitrogens is 1. The maximum Gasteiger partial charge on any atom is 0.222 e. The normalized spacial score (nSPS) is 24.0. The SMILES string of the molecule is CC(=O)Nc1nc(C)c(-c2ccc(SC3C[C@H]4CC[C@@H](C3)N4C)c(Cl)c2)cc1C. The Bertz CT molecular complexity index is 934. The summed E-state index contributed by atoms with van der Waals surface area (Å²) in [6.07, 6.45) is 5.18. The third kappa shape index (κ3) is 4.32. The predicted molar refractivity (Wildman–Crippen MR) is 122 cm³/mol. The first-order valence-electron chi connectivity index (χ1n) is 10.3. The molecule has 29 heavy (non-hydrogen) atoms. The summed E-state index contributed by atoms with van der Waals surface area (Å²) in [5, 5.41) is 4.25. The van der Waals surface area contributed by atoms with Crippen LogP contribution in [0.1, 0.15) is 43.9 Å². The van der Waals surface area contributed by atoms with Crippen LogP contribution in [0.3, 0.4) is 0 Å². The topological polar surface area (TPSA) is 45.2 Å². The molecule has 4 rings (SSSR count). The van der Waals surface area contributed by atoms with Crippen LogP contribution in [0.25, 0.3) is 11.1 Å². The Balaban J connectivity index is 1.53. The molecule has 2 saturated heterocycles. The molecule has 0 spiro atoms. The number of anilines is 1. The van der Waals surface area contributed by atoms with E-state index in [9.17, 15) is 4.79 Å². The maximum absolute atomic E-state index is 11.4. The number of thioether (sulfide) groups is 1. The van der Waals surface area contributed by atoms with Gasteiger partial charge in [-0.15, -0.1) is 11.8 Å². The molecule has 2 aromatic rings. The van der Waals surface area contributed by atoms with E-state index in [4.69, 9.17) is 11.6 Å². The Morgan fingerprint density at radius 2 is 1.90 bits per heavy atom. The van der Waals surface area contributed by atoms with Crippen LogP contribution in [0.15, 0.2) is 29.2 Å². The lowest BCUT2D eigenvalue weighted by Crippen LogP contribution is -2.40. The van der Waals surface area contributed by atoms with Gasteiger partial charge in [-0.2, -0.15) is 0 Å². The molecule has 3 atom stereocenters. The van der Waals surface area contributed by atoms with Crippen molar-refractivity contribution in [1.29, 1.82) is 0 Å². The van der Waals surface area contributed by atoms with Crippen molar-refractivity contribution in [3.05, 3.63) is 40.5 Å². The van der Waals surface area contributed by atoms with Crippen molar-refractivity contribution in [2.75, 3.05) is 12.4 Å². The first-order valence-corrected chi connectivity index (χ1v) is 11.5. The number of piperidine rings is 1. The summed E-state index contributed by atoms with van der Waals surface area (Å²) in [6, 6.07) is 9.89. The molecule has 0 aliphatic carbocycles. The number of nitrogens with one attached hydrogen (secondary N) is 1. The fourth-order valence-corrected chi connectivity index (χ4v) is 6.32. The van der Waals surface area contributed by atoms with Crippen molar-refractivity contribution in [2.24, 2.45) is 0 Å². The number of rotatable bonds is 4. The van der Waals surface area contributed by atoms with Gasteiger partial charge in [-0.1, -0.05) is 17.7 Å². The number of fused-ring (bicyclic) bond motifs is 2. The molecule has 2 fully saturated rings. The van der Waals surface area contributed by atoms with Crippen LogP contribution in [0.2, 0.25) is 5.02 Å². The van der Waals surface area contributed by atoms with Crippen LogP contribution in [-0.2, 0) is 4.79 Å². The number of hydrogen-bond acceptors (Lipinski definition) is 4. The standard InChI is InChI=1S/C23H28ClN3OS/c1-13-9-20(14(2)25-23(13)26-15(3)28)16-5-8-22(21(24)10-16)29-19-11-17-6-7-18(12-19)27(17)4/h5,8-10,17-19H,6-7,11-12H2,1-4H3,(H,25,26,28)/t17-,18+,19?. The minimum absolute atomic E-state index is 0.112. The van der Waals surface area contributed by atoms with Gasteiger partial charge in [-0.25, -0.2) is 4.98 Å². The zero-order valence-corrected chi connectivity index (χ0v) is 19.0. The molecule has 1 aromatic carbocycles. The highest BCUT2D eigenvalue weighted by Gasteiger charge is 2.38. The molecule has 3 heterocycles. The van der Waals surface area contributed by atoms with Gasteiger partial charge in [0, 0.05) is 40.4 Å². The van der Waals surface area contributed by atoms with E-state index in [1.807, 2.05) is 25.6 Å². The third-order valence-corrected chi connectivity index (χ3v) is 8.04. The van der Waals surface area contributed by atoms with Gasteiger partial charge in [-0.3, -0.25) is 4.79 Å². The fourth-order valence-electron chi connectivity index (χ4n) is 4.69. The average molecular weight is 430 g/mol. The second kappa shape index (κ2) is 8.29. The molecule has 6 heteroatoms. The van der Waals surface area contributed by atoms with Crippen molar-refractivity contribution in [2.45, 2.75) is 68.7 Å². The van der Waals surface area contributed by atoms with Crippen LogP contribution in [0.4, 0.5) is 5.82 Å². The van der Waals surface area contributed by atoms with Crippen LogP contribution in [-0.4, -0.2) is 40.2 Å². The number of nitrogens with zero attached hydrogens (tertiary/aromatic N) is 2. The number of carbonyl (C=O) groups excluding carboxylic acids is 1. The van der Waals surface area contributed by atoms with Gasteiger partial charge in [0.25, 0.3) is 0 Å². The van der Waals surface area contributed by atoms with E-state index in [0.717, 1.165) is 39.5 Å². The van der Waals surface area contributed by atoms with Crippen molar-refractivity contribution in [1.82, 2.24) is 9.88 Å². The number of hydrogen-bond donors (Lipinski definition) is 1. The number of benzene rings is 1. The number of aryl methyl sites for hydroxylation is 2. The first-order chi connectivity index (χ1) is 13.8. The highest BCUT2D eigenvalue weighted by Crippen LogP contribution is 2.43. The minimum atomic E-state index is -0.112. The Labute approximate surface area is 182 Å². The van der Waals surface area contributed by atoms with Crippen LogP contribution < -0.4 is 5.32 Å². The number of halogens is 1. The van der Waals surface area contributed by atoms with Gasteiger partial charge in [0.1, 0.15) is 5.82 Å². The quantitative estimate of drug-likeness (QED) is 0.677. The summed E-state index contributed by atoms with van der Waals surface area (Å²) in [6.45, 7) is 5.42. The molecule has 0 radical (unpaired) electrons. The molecule has 2 bridgehead atoms. The lowest BCUT2D eigenvalue weighted by molar-refractivity contribution is -0.114. The minimum Gasteiger partial charge on any atom is -0.311 e. The van der Waals surface area contributed by atoms with Crippen molar-refractivity contribution in [3.63, 3.8) is 0 Å². The number of amides is 1. The highest BCUT2D eigenvalue weighted by atomic mass is 35.5. The lowest BCUT2D eigenvalue weighted by Gasteiger charge is -2.36. The van der Waals surface area contributed by atoms with E-state index < -0.39 is 0 Å². The van der Waals surface area contributed by atoms with Crippen LogP contribution in [0.5, 0.6) is 0 Å². The second-order valence-corrected chi connectivity index (χ2v) is 10.1. The van der Waals surface area contributed by atoms with Crippen LogP contribution >= 0.6 is 23.4 Å². The zero-order chi connectivity index (χ0) is 20.7. The molecule has 1 N–H and O–H groups in total. The van der Waals surface area contributed by atoms with E-state index in [2.05, 4.69) is 46.5 Å². The van der Waals surface area contributed by atoms with Gasteiger partial charge in [0.05, 0.1) is 5.02 Å². The summed E-state index contributed by atoms with van der Waals surface area (Å²) in [7, 11) is 2.28. The van der Waals surface area contributed by atoms with Crippen molar-refractivity contribution >= 4 is 35.1 Å². The van der Waals surface area contributed by atoms with Gasteiger partial charge >= 0.3 is 0 Å². The van der Waals surface area contributed by atoms with Gasteiger partial charge in [-0.05, 0) is 75.9 Å². The molecule has 1 unspecified atom stereocenters. The molecule has 2 aliphatic rings. The van der Waals surface area contributed by atoms with Crippen molar-refractivity contribution < 1.29 is 4.79 Å². The van der Waals surface area contributed by atoms with E-state index >= 15 is 0 Å². The summed E-state index contributed by atoms with van der Waals surface area (Å²) in [4.78, 5) is 19.7. The molecule has 154 valence electrons. The Kier molecular flexibility index (Phi) is 5.92. The molecular weight excluding hydrogens is 402 g/mol. The first kappa shape index (κ1) is 20.7. The summed E-state index contributed by atoms with van der Waals surface area (Å²) in [5.41, 5.74) is 3.93. The lowest BCUT2D eigenvalue weighted by atomic mass is 10.0. The Morgan fingerprint density at radius 3 is 2.52 bits per heavy atom. The molecule has 4 nitrogen and oxygen atoms in total. The zero-order valence-electron chi connectivity index (χ0n) is 17.5. The van der Waals surface area contributed by atoms with Gasteiger partial charge in [0.15, 0.2) is 0 Å². The van der Waals surface area contributed by atoms with E-state index in [1.165, 1.54) is 37.5 Å². The molecule has 1 amide bonds. The summed E-state index contributed by atoms with van der Waals surface area (Å²) >= 11 is 8.64. The molecule has 1 aromatic heterocycles. The fraction of sp³-hybridized carbons (Fsp3) is 0.478. The second-order valence-electron chi connectivity index (χ2n) is 8.37. The predicted octanol–water partition coefficient (Wildman–Crippen LogP) is 5.69. The average Bonchev–Trinajstić information content (AvgIpc) is 2.87. The largest absolute Gasteiger partial charge is 0.311 e. The molecule has 0 saturated carbocycles.